The lowest BCUT2D eigenvalue weighted by atomic mass is 9.97. The zero-order chi connectivity index (χ0) is 13.2. The Morgan fingerprint density at radius 1 is 1.44 bits per heavy atom. The highest BCUT2D eigenvalue weighted by molar-refractivity contribution is 6.30. The molecule has 0 aliphatic heterocycles. The molecule has 1 fully saturated rings. The number of nitrogens with two attached hydrogens (primary N) is 1. The lowest BCUT2D eigenvalue weighted by Gasteiger charge is -2.25. The van der Waals surface area contributed by atoms with Gasteiger partial charge in [0.2, 0.25) is 5.91 Å². The Kier molecular flexibility index (Phi) is 3.93. The van der Waals surface area contributed by atoms with E-state index in [0.29, 0.717) is 5.02 Å². The molecule has 0 unspecified atom stereocenters. The van der Waals surface area contributed by atoms with Gasteiger partial charge in [-0.2, -0.15) is 0 Å². The summed E-state index contributed by atoms with van der Waals surface area (Å²) >= 11 is 5.94. The molecule has 4 heteroatoms. The molecule has 1 aromatic carbocycles. The van der Waals surface area contributed by atoms with Gasteiger partial charge in [-0.1, -0.05) is 36.6 Å². The fourth-order valence-electron chi connectivity index (χ4n) is 2.43. The molecule has 2 rings (SSSR count). The Balaban J connectivity index is 2.03. The van der Waals surface area contributed by atoms with Crippen LogP contribution in [0.15, 0.2) is 24.3 Å². The van der Waals surface area contributed by atoms with Gasteiger partial charge < -0.3 is 11.1 Å². The van der Waals surface area contributed by atoms with Crippen LogP contribution in [0.25, 0.3) is 0 Å². The van der Waals surface area contributed by atoms with Crippen LogP contribution in [0.3, 0.4) is 0 Å². The molecule has 0 heterocycles. The van der Waals surface area contributed by atoms with Crippen molar-refractivity contribution in [3.8, 4) is 0 Å². The lowest BCUT2D eigenvalue weighted by molar-refractivity contribution is -0.126. The Hall–Kier alpha value is -1.06. The van der Waals surface area contributed by atoms with E-state index in [9.17, 15) is 4.79 Å². The van der Waals surface area contributed by atoms with Crippen LogP contribution in [0.1, 0.15) is 44.2 Å². The van der Waals surface area contributed by atoms with E-state index in [4.69, 9.17) is 17.3 Å². The Bertz CT molecular complexity index is 441. The summed E-state index contributed by atoms with van der Waals surface area (Å²) in [7, 11) is 0. The normalized spacial score (nSPS) is 19.5. The van der Waals surface area contributed by atoms with Gasteiger partial charge in [0.25, 0.3) is 0 Å². The van der Waals surface area contributed by atoms with Crippen molar-refractivity contribution in [1.29, 1.82) is 0 Å². The minimum Gasteiger partial charge on any atom is -0.348 e. The van der Waals surface area contributed by atoms with Crippen LogP contribution in [-0.4, -0.2) is 11.4 Å². The quantitative estimate of drug-likeness (QED) is 0.884. The van der Waals surface area contributed by atoms with Crippen molar-refractivity contribution < 1.29 is 4.79 Å². The van der Waals surface area contributed by atoms with Gasteiger partial charge in [-0.25, -0.2) is 0 Å². The average molecular weight is 267 g/mol. The van der Waals surface area contributed by atoms with Crippen molar-refractivity contribution in [2.24, 2.45) is 5.73 Å². The molecule has 1 saturated carbocycles. The van der Waals surface area contributed by atoms with Crippen molar-refractivity contribution in [2.75, 3.05) is 0 Å². The van der Waals surface area contributed by atoms with Gasteiger partial charge in [-0.15, -0.1) is 0 Å². The summed E-state index contributed by atoms with van der Waals surface area (Å²) in [5, 5.41) is 3.66. The molecule has 98 valence electrons. The molecule has 1 aliphatic rings. The molecule has 18 heavy (non-hydrogen) atoms. The molecule has 0 spiro atoms. The SMILES string of the molecule is C[C@@H](NC(=O)C1(N)CCCC1)c1cccc(Cl)c1. The third kappa shape index (κ3) is 2.85. The first kappa shape index (κ1) is 13.4. The molecule has 1 amide bonds. The zero-order valence-corrected chi connectivity index (χ0v) is 11.3. The molecule has 3 N–H and O–H groups in total. The molecular formula is C14H19ClN2O. The topological polar surface area (TPSA) is 55.1 Å². The number of hydrogen-bond acceptors (Lipinski definition) is 2. The van der Waals surface area contributed by atoms with Crippen molar-refractivity contribution in [2.45, 2.75) is 44.2 Å². The number of nitrogens with one attached hydrogen (secondary N) is 1. The summed E-state index contributed by atoms with van der Waals surface area (Å²) in [6.45, 7) is 1.95. The van der Waals surface area contributed by atoms with Gasteiger partial charge in [0.05, 0.1) is 11.6 Å². The second kappa shape index (κ2) is 5.29. The zero-order valence-electron chi connectivity index (χ0n) is 10.6. The summed E-state index contributed by atoms with van der Waals surface area (Å²) in [5.74, 6) is -0.0486. The highest BCUT2D eigenvalue weighted by atomic mass is 35.5. The first-order valence-corrected chi connectivity index (χ1v) is 6.74. The molecule has 0 saturated heterocycles. The maximum absolute atomic E-state index is 12.2. The van der Waals surface area contributed by atoms with Gasteiger partial charge in [0.15, 0.2) is 0 Å². The summed E-state index contributed by atoms with van der Waals surface area (Å²) < 4.78 is 0. The van der Waals surface area contributed by atoms with Crippen molar-refractivity contribution in [1.82, 2.24) is 5.32 Å². The minimum atomic E-state index is -0.674. The van der Waals surface area contributed by atoms with Gasteiger partial charge >= 0.3 is 0 Å². The second-order valence-corrected chi connectivity index (χ2v) is 5.55. The first-order valence-electron chi connectivity index (χ1n) is 6.36. The van der Waals surface area contributed by atoms with E-state index in [1.165, 1.54) is 0 Å². The smallest absolute Gasteiger partial charge is 0.240 e. The average Bonchev–Trinajstić information content (AvgIpc) is 2.77. The van der Waals surface area contributed by atoms with E-state index in [2.05, 4.69) is 5.32 Å². The molecule has 0 aromatic heterocycles. The number of rotatable bonds is 3. The number of benzene rings is 1. The van der Waals surface area contributed by atoms with Gasteiger partial charge in [0, 0.05) is 5.02 Å². The van der Waals surface area contributed by atoms with Gasteiger partial charge in [-0.3, -0.25) is 4.79 Å². The Morgan fingerprint density at radius 3 is 2.72 bits per heavy atom. The first-order chi connectivity index (χ1) is 8.51. The number of carbonyl (C=O) groups is 1. The molecular weight excluding hydrogens is 248 g/mol. The third-order valence-electron chi connectivity index (χ3n) is 3.64. The van der Waals surface area contributed by atoms with Crippen LogP contribution in [0.5, 0.6) is 0 Å². The maximum atomic E-state index is 12.2. The maximum Gasteiger partial charge on any atom is 0.240 e. The van der Waals surface area contributed by atoms with E-state index in [0.717, 1.165) is 31.2 Å². The fraction of sp³-hybridized carbons (Fsp3) is 0.500. The summed E-state index contributed by atoms with van der Waals surface area (Å²) in [6.07, 6.45) is 3.63. The second-order valence-electron chi connectivity index (χ2n) is 5.11. The predicted octanol–water partition coefficient (Wildman–Crippen LogP) is 2.79. The third-order valence-corrected chi connectivity index (χ3v) is 3.88. The van der Waals surface area contributed by atoms with Gasteiger partial charge in [-0.05, 0) is 37.5 Å². The molecule has 1 aliphatic carbocycles. The number of hydrogen-bond donors (Lipinski definition) is 2. The van der Waals surface area contributed by atoms with Crippen LogP contribution in [-0.2, 0) is 4.79 Å². The number of amides is 1. The van der Waals surface area contributed by atoms with E-state index >= 15 is 0 Å². The van der Waals surface area contributed by atoms with Crippen molar-refractivity contribution >= 4 is 17.5 Å². The standard InChI is InChI=1S/C14H19ClN2O/c1-10(11-5-4-6-12(15)9-11)17-13(18)14(16)7-2-3-8-14/h4-6,9-10H,2-3,7-8,16H2,1H3,(H,17,18)/t10-/m1/s1. The molecule has 0 bridgehead atoms. The largest absolute Gasteiger partial charge is 0.348 e. The lowest BCUT2D eigenvalue weighted by Crippen LogP contribution is -2.52. The van der Waals surface area contributed by atoms with Crippen LogP contribution in [0.4, 0.5) is 0 Å². The van der Waals surface area contributed by atoms with Crippen LogP contribution in [0.2, 0.25) is 5.02 Å². The highest BCUT2D eigenvalue weighted by Gasteiger charge is 2.37. The van der Waals surface area contributed by atoms with E-state index < -0.39 is 5.54 Å². The summed E-state index contributed by atoms with van der Waals surface area (Å²) in [5.41, 5.74) is 6.44. The van der Waals surface area contributed by atoms with Crippen molar-refractivity contribution in [3.05, 3.63) is 34.9 Å². The summed E-state index contributed by atoms with van der Waals surface area (Å²) in [4.78, 5) is 12.2. The van der Waals surface area contributed by atoms with Gasteiger partial charge in [0.1, 0.15) is 0 Å². The number of carbonyl (C=O) groups excluding carboxylic acids is 1. The van der Waals surface area contributed by atoms with Crippen LogP contribution < -0.4 is 11.1 Å². The highest BCUT2D eigenvalue weighted by Crippen LogP contribution is 2.28. The monoisotopic (exact) mass is 266 g/mol. The molecule has 1 aromatic rings. The Labute approximate surface area is 113 Å². The van der Waals surface area contributed by atoms with E-state index in [-0.39, 0.29) is 11.9 Å². The van der Waals surface area contributed by atoms with E-state index in [1.807, 2.05) is 31.2 Å². The number of halogens is 1. The summed E-state index contributed by atoms with van der Waals surface area (Å²) in [6, 6.07) is 7.45. The van der Waals surface area contributed by atoms with Crippen molar-refractivity contribution in [3.63, 3.8) is 0 Å². The van der Waals surface area contributed by atoms with Crippen LogP contribution >= 0.6 is 11.6 Å². The van der Waals surface area contributed by atoms with Crippen LogP contribution in [0, 0.1) is 0 Å². The predicted molar refractivity (Wildman–Crippen MR) is 73.4 cm³/mol. The minimum absolute atomic E-state index is 0.0486. The molecule has 0 radical (unpaired) electrons. The fourth-order valence-corrected chi connectivity index (χ4v) is 2.63. The van der Waals surface area contributed by atoms with E-state index in [1.54, 1.807) is 0 Å². The molecule has 3 nitrogen and oxygen atoms in total. The molecule has 1 atom stereocenters. The Morgan fingerprint density at radius 2 is 2.11 bits per heavy atom.